The number of halogens is 1. The molecule has 0 fully saturated rings. The summed E-state index contributed by atoms with van der Waals surface area (Å²) in [6, 6.07) is 16.1. The van der Waals surface area contributed by atoms with Crippen LogP contribution in [0.3, 0.4) is 0 Å². The van der Waals surface area contributed by atoms with Crippen molar-refractivity contribution >= 4 is 33.8 Å². The molecule has 2 aromatic rings. The lowest BCUT2D eigenvalue weighted by Gasteiger charge is -2.03. The molecule has 2 rings (SSSR count). The summed E-state index contributed by atoms with van der Waals surface area (Å²) >= 11 is 3.30. The molecule has 0 radical (unpaired) electrons. The summed E-state index contributed by atoms with van der Waals surface area (Å²) in [5, 5.41) is 15.6. The number of hydrogen-bond acceptors (Lipinski definition) is 4. The second-order valence-electron chi connectivity index (χ2n) is 4.06. The number of rotatable bonds is 4. The van der Waals surface area contributed by atoms with Crippen LogP contribution in [-0.4, -0.2) is 23.0 Å². The largest absolute Gasteiger partial charge is 0.411 e. The van der Waals surface area contributed by atoms with Gasteiger partial charge in [0.25, 0.3) is 5.91 Å². The number of hydrogen-bond donors (Lipinski definition) is 2. The molecule has 0 aliphatic heterocycles. The molecule has 0 spiro atoms. The molecule has 0 aromatic heterocycles. The van der Waals surface area contributed by atoms with E-state index >= 15 is 0 Å². The fourth-order valence-corrected chi connectivity index (χ4v) is 2.04. The van der Waals surface area contributed by atoms with Gasteiger partial charge in [0, 0.05) is 15.6 Å². The molecule has 21 heavy (non-hydrogen) atoms. The highest BCUT2D eigenvalue weighted by atomic mass is 79.9. The van der Waals surface area contributed by atoms with Crippen molar-refractivity contribution in [3.8, 4) is 0 Å². The molecule has 106 valence electrons. The van der Waals surface area contributed by atoms with Gasteiger partial charge in [-0.1, -0.05) is 57.5 Å². The molecule has 0 bridgehead atoms. The van der Waals surface area contributed by atoms with Crippen LogP contribution in [0.15, 0.2) is 69.3 Å². The monoisotopic (exact) mass is 345 g/mol. The third kappa shape index (κ3) is 4.25. The quantitative estimate of drug-likeness (QED) is 0.507. The van der Waals surface area contributed by atoms with Crippen LogP contribution in [0, 0.1) is 0 Å². The smallest absolute Gasteiger partial charge is 0.271 e. The van der Waals surface area contributed by atoms with E-state index < -0.39 is 0 Å². The molecule has 2 N–H and O–H groups in total. The Bertz CT molecular complexity index is 684. The maximum Gasteiger partial charge on any atom is 0.271 e. The Hall–Kier alpha value is -2.47. The summed E-state index contributed by atoms with van der Waals surface area (Å²) in [7, 11) is 0. The first kappa shape index (κ1) is 14.9. The number of carbonyl (C=O) groups is 1. The van der Waals surface area contributed by atoms with Crippen LogP contribution in [0.25, 0.3) is 0 Å². The first-order chi connectivity index (χ1) is 10.2. The number of benzene rings is 2. The average Bonchev–Trinajstić information content (AvgIpc) is 2.52. The minimum Gasteiger partial charge on any atom is -0.411 e. The van der Waals surface area contributed by atoms with Crippen molar-refractivity contribution in [2.24, 2.45) is 10.3 Å². The van der Waals surface area contributed by atoms with Crippen molar-refractivity contribution < 1.29 is 10.0 Å². The van der Waals surface area contributed by atoms with Gasteiger partial charge in [-0.3, -0.25) is 4.79 Å². The molecule has 2 aromatic carbocycles. The number of oxime groups is 1. The van der Waals surface area contributed by atoms with Gasteiger partial charge in [0.15, 0.2) is 0 Å². The zero-order valence-electron chi connectivity index (χ0n) is 10.9. The predicted octanol–water partition coefficient (Wildman–Crippen LogP) is 3.04. The minimum absolute atomic E-state index is 0.349. The van der Waals surface area contributed by atoms with E-state index in [1.54, 1.807) is 30.3 Å². The normalized spacial score (nSPS) is 11.6. The lowest BCUT2D eigenvalue weighted by atomic mass is 10.1. The van der Waals surface area contributed by atoms with Crippen LogP contribution < -0.4 is 5.43 Å². The molecule has 0 aliphatic rings. The van der Waals surface area contributed by atoms with E-state index in [1.165, 1.54) is 0 Å². The zero-order valence-corrected chi connectivity index (χ0v) is 12.5. The predicted molar refractivity (Wildman–Crippen MR) is 84.9 cm³/mol. The summed E-state index contributed by atoms with van der Waals surface area (Å²) < 4.78 is 0.805. The first-order valence-corrected chi connectivity index (χ1v) is 6.86. The average molecular weight is 346 g/mol. The van der Waals surface area contributed by atoms with Gasteiger partial charge >= 0.3 is 0 Å². The fraction of sp³-hybridized carbons (Fsp3) is 0. The molecule has 0 unspecified atom stereocenters. The molecule has 0 saturated heterocycles. The fourth-order valence-electron chi connectivity index (χ4n) is 1.64. The molecular weight excluding hydrogens is 334 g/mol. The summed E-state index contributed by atoms with van der Waals surface area (Å²) in [6.45, 7) is 0. The minimum atomic E-state index is -0.351. The topological polar surface area (TPSA) is 74.0 Å². The Balaban J connectivity index is 2.19. The van der Waals surface area contributed by atoms with E-state index in [1.807, 2.05) is 24.3 Å². The molecule has 0 saturated carbocycles. The number of nitrogens with zero attached hydrogens (tertiary/aromatic N) is 2. The highest BCUT2D eigenvalue weighted by molar-refractivity contribution is 9.10. The van der Waals surface area contributed by atoms with E-state index in [-0.39, 0.29) is 5.91 Å². The van der Waals surface area contributed by atoms with Crippen LogP contribution in [-0.2, 0) is 0 Å². The lowest BCUT2D eigenvalue weighted by molar-refractivity contribution is 0.0955. The van der Waals surface area contributed by atoms with Crippen LogP contribution in [0.2, 0.25) is 0 Å². The SMILES string of the molecule is O=C(NN=C(C=NO)c1ccccc1)c1cccc(Br)c1. The first-order valence-electron chi connectivity index (χ1n) is 6.07. The zero-order chi connectivity index (χ0) is 15.1. The lowest BCUT2D eigenvalue weighted by Crippen LogP contribution is -2.20. The maximum absolute atomic E-state index is 12.0. The Kier molecular flexibility index (Phi) is 5.22. The van der Waals surface area contributed by atoms with Gasteiger partial charge in [-0.25, -0.2) is 5.43 Å². The third-order valence-corrected chi connectivity index (χ3v) is 3.11. The number of hydrazone groups is 1. The molecule has 1 amide bonds. The van der Waals surface area contributed by atoms with Crippen molar-refractivity contribution in [3.05, 3.63) is 70.2 Å². The van der Waals surface area contributed by atoms with Crippen molar-refractivity contribution in [1.82, 2.24) is 5.43 Å². The number of nitrogens with one attached hydrogen (secondary N) is 1. The van der Waals surface area contributed by atoms with E-state index in [4.69, 9.17) is 5.21 Å². The van der Waals surface area contributed by atoms with Crippen molar-refractivity contribution in [1.29, 1.82) is 0 Å². The van der Waals surface area contributed by atoms with Gasteiger partial charge in [0.1, 0.15) is 5.71 Å². The van der Waals surface area contributed by atoms with E-state index in [0.29, 0.717) is 11.3 Å². The van der Waals surface area contributed by atoms with Crippen molar-refractivity contribution in [2.75, 3.05) is 0 Å². The van der Waals surface area contributed by atoms with Crippen molar-refractivity contribution in [3.63, 3.8) is 0 Å². The number of amides is 1. The van der Waals surface area contributed by atoms with Crippen LogP contribution in [0.4, 0.5) is 0 Å². The second kappa shape index (κ2) is 7.35. The molecule has 0 aliphatic carbocycles. The Morgan fingerprint density at radius 3 is 2.48 bits per heavy atom. The standard InChI is InChI=1S/C15H12BrN3O2/c16-13-8-4-7-12(9-13)15(20)19-18-14(10-17-21)11-5-2-1-3-6-11/h1-10,21H,(H,19,20). The highest BCUT2D eigenvalue weighted by Gasteiger charge is 2.06. The van der Waals surface area contributed by atoms with E-state index in [2.05, 4.69) is 31.6 Å². The van der Waals surface area contributed by atoms with E-state index in [0.717, 1.165) is 16.3 Å². The molecule has 5 nitrogen and oxygen atoms in total. The van der Waals surface area contributed by atoms with Gasteiger partial charge in [-0.05, 0) is 18.2 Å². The van der Waals surface area contributed by atoms with Crippen LogP contribution in [0.5, 0.6) is 0 Å². The molecular formula is C15H12BrN3O2. The molecule has 6 heteroatoms. The second-order valence-corrected chi connectivity index (χ2v) is 4.97. The Morgan fingerprint density at radius 2 is 1.81 bits per heavy atom. The summed E-state index contributed by atoms with van der Waals surface area (Å²) in [5.41, 5.74) is 3.98. The summed E-state index contributed by atoms with van der Waals surface area (Å²) in [4.78, 5) is 12.0. The third-order valence-electron chi connectivity index (χ3n) is 2.61. The Labute approximate surface area is 130 Å². The highest BCUT2D eigenvalue weighted by Crippen LogP contribution is 2.11. The van der Waals surface area contributed by atoms with Gasteiger partial charge in [0.05, 0.1) is 6.21 Å². The van der Waals surface area contributed by atoms with Gasteiger partial charge in [0.2, 0.25) is 0 Å². The number of carbonyl (C=O) groups excluding carboxylic acids is 1. The molecule has 0 heterocycles. The maximum atomic E-state index is 12.0. The van der Waals surface area contributed by atoms with Crippen LogP contribution >= 0.6 is 15.9 Å². The Morgan fingerprint density at radius 1 is 1.10 bits per heavy atom. The van der Waals surface area contributed by atoms with Crippen molar-refractivity contribution in [2.45, 2.75) is 0 Å². The summed E-state index contributed by atoms with van der Waals surface area (Å²) in [5.74, 6) is -0.351. The molecule has 0 atom stereocenters. The summed E-state index contributed by atoms with van der Waals surface area (Å²) in [6.07, 6.45) is 1.16. The van der Waals surface area contributed by atoms with E-state index in [9.17, 15) is 4.79 Å². The van der Waals surface area contributed by atoms with Gasteiger partial charge in [-0.15, -0.1) is 0 Å². The van der Waals surface area contributed by atoms with Crippen LogP contribution in [0.1, 0.15) is 15.9 Å². The van der Waals surface area contributed by atoms with Gasteiger partial charge < -0.3 is 5.21 Å². The van der Waals surface area contributed by atoms with Gasteiger partial charge in [-0.2, -0.15) is 5.10 Å².